The van der Waals surface area contributed by atoms with Crippen molar-refractivity contribution >= 4 is 15.9 Å². The average Bonchev–Trinajstić information content (AvgIpc) is 2.21. The minimum Gasteiger partial charge on any atom is -0.507 e. The minimum atomic E-state index is 0.0456. The summed E-state index contributed by atoms with van der Waals surface area (Å²) < 4.78 is 11.4. The Morgan fingerprint density at radius 1 is 1.47 bits per heavy atom. The van der Waals surface area contributed by atoms with Gasteiger partial charge in [0.15, 0.2) is 0 Å². The van der Waals surface area contributed by atoms with E-state index in [0.717, 1.165) is 0 Å². The van der Waals surface area contributed by atoms with E-state index in [0.29, 0.717) is 23.4 Å². The van der Waals surface area contributed by atoms with E-state index in [1.807, 2.05) is 13.8 Å². The second kappa shape index (κ2) is 5.98. The molecule has 0 heterocycles. The van der Waals surface area contributed by atoms with Crippen molar-refractivity contribution in [2.45, 2.75) is 20.0 Å². The number of halogens is 1. The van der Waals surface area contributed by atoms with Crippen molar-refractivity contribution in [3.05, 3.63) is 22.7 Å². The van der Waals surface area contributed by atoms with Gasteiger partial charge in [-0.3, -0.25) is 0 Å². The standard InChI is InChI=1S/C11H15BrO3/c1-3-14-8(2)7-15-10-6-4-5-9(13)11(10)12/h4-6,8,13H,3,7H2,1-2H3. The summed E-state index contributed by atoms with van der Waals surface area (Å²) in [4.78, 5) is 0. The minimum absolute atomic E-state index is 0.0456. The molecule has 0 radical (unpaired) electrons. The molecule has 0 aliphatic heterocycles. The highest BCUT2D eigenvalue weighted by Crippen LogP contribution is 2.33. The first kappa shape index (κ1) is 12.3. The summed E-state index contributed by atoms with van der Waals surface area (Å²) in [6, 6.07) is 5.13. The summed E-state index contributed by atoms with van der Waals surface area (Å²) in [7, 11) is 0. The number of ether oxygens (including phenoxy) is 2. The molecule has 1 rings (SSSR count). The van der Waals surface area contributed by atoms with Gasteiger partial charge in [0.25, 0.3) is 0 Å². The third-order valence-electron chi connectivity index (χ3n) is 1.87. The number of hydrogen-bond donors (Lipinski definition) is 1. The van der Waals surface area contributed by atoms with E-state index < -0.39 is 0 Å². The Kier molecular flexibility index (Phi) is 4.91. The molecule has 0 saturated heterocycles. The Morgan fingerprint density at radius 2 is 2.20 bits per heavy atom. The van der Waals surface area contributed by atoms with Crippen LogP contribution < -0.4 is 4.74 Å². The highest BCUT2D eigenvalue weighted by atomic mass is 79.9. The maximum atomic E-state index is 9.41. The van der Waals surface area contributed by atoms with Crippen molar-refractivity contribution in [3.8, 4) is 11.5 Å². The second-order valence-electron chi connectivity index (χ2n) is 3.17. The van der Waals surface area contributed by atoms with Gasteiger partial charge < -0.3 is 14.6 Å². The fourth-order valence-corrected chi connectivity index (χ4v) is 1.53. The third kappa shape index (κ3) is 3.72. The Bertz CT molecular complexity index is 315. The first-order valence-corrected chi connectivity index (χ1v) is 5.66. The summed E-state index contributed by atoms with van der Waals surface area (Å²) in [6.45, 7) is 5.03. The molecule has 4 heteroatoms. The molecule has 0 amide bonds. The summed E-state index contributed by atoms with van der Waals surface area (Å²) in [6.07, 6.45) is 0.0456. The number of rotatable bonds is 5. The molecular formula is C11H15BrO3. The lowest BCUT2D eigenvalue weighted by molar-refractivity contribution is 0.0399. The number of phenols is 1. The molecule has 0 bridgehead atoms. The quantitative estimate of drug-likeness (QED) is 0.897. The van der Waals surface area contributed by atoms with Crippen LogP contribution in [-0.2, 0) is 4.74 Å². The zero-order valence-electron chi connectivity index (χ0n) is 8.87. The fraction of sp³-hybridized carbons (Fsp3) is 0.455. The van der Waals surface area contributed by atoms with Gasteiger partial charge in [-0.25, -0.2) is 0 Å². The van der Waals surface area contributed by atoms with Gasteiger partial charge in [-0.1, -0.05) is 6.07 Å². The number of phenolic OH excluding ortho intramolecular Hbond substituents is 1. The van der Waals surface area contributed by atoms with Gasteiger partial charge in [-0.15, -0.1) is 0 Å². The molecule has 0 aliphatic rings. The number of hydrogen-bond acceptors (Lipinski definition) is 3. The van der Waals surface area contributed by atoms with Crippen LogP contribution in [0.3, 0.4) is 0 Å². The van der Waals surface area contributed by atoms with Gasteiger partial charge >= 0.3 is 0 Å². The molecule has 0 spiro atoms. The van der Waals surface area contributed by atoms with E-state index in [-0.39, 0.29) is 11.9 Å². The van der Waals surface area contributed by atoms with Crippen LogP contribution in [0.25, 0.3) is 0 Å². The maximum absolute atomic E-state index is 9.41. The van der Waals surface area contributed by atoms with E-state index in [2.05, 4.69) is 15.9 Å². The molecule has 1 aromatic carbocycles. The molecular weight excluding hydrogens is 260 g/mol. The van der Waals surface area contributed by atoms with E-state index in [4.69, 9.17) is 9.47 Å². The van der Waals surface area contributed by atoms with Crippen LogP contribution in [0.2, 0.25) is 0 Å². The van der Waals surface area contributed by atoms with Crippen molar-refractivity contribution in [2.24, 2.45) is 0 Å². The van der Waals surface area contributed by atoms with Crippen LogP contribution in [0, 0.1) is 0 Å². The van der Waals surface area contributed by atoms with Crippen LogP contribution >= 0.6 is 15.9 Å². The van der Waals surface area contributed by atoms with Crippen molar-refractivity contribution in [1.29, 1.82) is 0 Å². The molecule has 84 valence electrons. The normalized spacial score (nSPS) is 12.5. The predicted molar refractivity (Wildman–Crippen MR) is 62.4 cm³/mol. The molecule has 0 saturated carbocycles. The second-order valence-corrected chi connectivity index (χ2v) is 3.96. The highest BCUT2D eigenvalue weighted by molar-refractivity contribution is 9.10. The van der Waals surface area contributed by atoms with Crippen LogP contribution in [0.1, 0.15) is 13.8 Å². The lowest BCUT2D eigenvalue weighted by Gasteiger charge is -2.14. The van der Waals surface area contributed by atoms with Gasteiger partial charge in [0.2, 0.25) is 0 Å². The fourth-order valence-electron chi connectivity index (χ4n) is 1.15. The maximum Gasteiger partial charge on any atom is 0.137 e. The highest BCUT2D eigenvalue weighted by Gasteiger charge is 2.07. The smallest absolute Gasteiger partial charge is 0.137 e. The molecule has 15 heavy (non-hydrogen) atoms. The Labute approximate surface area is 98.1 Å². The van der Waals surface area contributed by atoms with E-state index in [1.54, 1.807) is 18.2 Å². The first-order chi connectivity index (χ1) is 7.15. The molecule has 3 nitrogen and oxygen atoms in total. The molecule has 1 atom stereocenters. The topological polar surface area (TPSA) is 38.7 Å². The summed E-state index contributed by atoms with van der Waals surface area (Å²) in [5, 5.41) is 9.41. The Hall–Kier alpha value is -0.740. The molecule has 1 unspecified atom stereocenters. The molecule has 0 aliphatic carbocycles. The predicted octanol–water partition coefficient (Wildman–Crippen LogP) is 2.96. The Balaban J connectivity index is 2.54. The van der Waals surface area contributed by atoms with Crippen molar-refractivity contribution in [3.63, 3.8) is 0 Å². The molecule has 0 fully saturated rings. The van der Waals surface area contributed by atoms with E-state index in [9.17, 15) is 5.11 Å². The summed E-state index contributed by atoms with van der Waals surface area (Å²) in [5.41, 5.74) is 0. The Morgan fingerprint density at radius 3 is 2.87 bits per heavy atom. The molecule has 1 N–H and O–H groups in total. The van der Waals surface area contributed by atoms with E-state index >= 15 is 0 Å². The van der Waals surface area contributed by atoms with Crippen molar-refractivity contribution < 1.29 is 14.6 Å². The third-order valence-corrected chi connectivity index (χ3v) is 2.66. The van der Waals surface area contributed by atoms with Crippen LogP contribution in [0.15, 0.2) is 22.7 Å². The van der Waals surface area contributed by atoms with Gasteiger partial charge in [-0.05, 0) is 41.9 Å². The van der Waals surface area contributed by atoms with Gasteiger partial charge in [0.1, 0.15) is 22.6 Å². The molecule has 0 aromatic heterocycles. The number of aromatic hydroxyl groups is 1. The average molecular weight is 275 g/mol. The number of benzene rings is 1. The zero-order valence-corrected chi connectivity index (χ0v) is 10.5. The van der Waals surface area contributed by atoms with Crippen molar-refractivity contribution in [1.82, 2.24) is 0 Å². The van der Waals surface area contributed by atoms with Crippen molar-refractivity contribution in [2.75, 3.05) is 13.2 Å². The summed E-state index contributed by atoms with van der Waals surface area (Å²) >= 11 is 3.25. The first-order valence-electron chi connectivity index (χ1n) is 4.87. The van der Waals surface area contributed by atoms with Crippen LogP contribution in [0.4, 0.5) is 0 Å². The SMILES string of the molecule is CCOC(C)COc1cccc(O)c1Br. The van der Waals surface area contributed by atoms with E-state index in [1.165, 1.54) is 0 Å². The lowest BCUT2D eigenvalue weighted by atomic mass is 10.3. The molecule has 1 aromatic rings. The summed E-state index contributed by atoms with van der Waals surface area (Å²) in [5.74, 6) is 0.804. The van der Waals surface area contributed by atoms with Crippen LogP contribution in [-0.4, -0.2) is 24.4 Å². The largest absolute Gasteiger partial charge is 0.507 e. The van der Waals surface area contributed by atoms with Crippen LogP contribution in [0.5, 0.6) is 11.5 Å². The van der Waals surface area contributed by atoms with Gasteiger partial charge in [-0.2, -0.15) is 0 Å². The monoisotopic (exact) mass is 274 g/mol. The van der Waals surface area contributed by atoms with Gasteiger partial charge in [0.05, 0.1) is 6.10 Å². The van der Waals surface area contributed by atoms with Gasteiger partial charge in [0, 0.05) is 6.61 Å². The lowest BCUT2D eigenvalue weighted by Crippen LogP contribution is -2.17. The zero-order chi connectivity index (χ0) is 11.3.